The second-order valence-corrected chi connectivity index (χ2v) is 12.4. The first kappa shape index (κ1) is 23.8. The van der Waals surface area contributed by atoms with Crippen LogP contribution in [0.15, 0.2) is 45.1 Å². The van der Waals surface area contributed by atoms with E-state index in [9.17, 15) is 0 Å². The van der Waals surface area contributed by atoms with Crippen molar-refractivity contribution >= 4 is 67.0 Å². The van der Waals surface area contributed by atoms with Gasteiger partial charge in [0.15, 0.2) is 8.68 Å². The molecule has 0 bridgehead atoms. The van der Waals surface area contributed by atoms with Crippen LogP contribution in [0, 0.1) is 27.7 Å². The predicted molar refractivity (Wildman–Crippen MR) is 150 cm³/mol. The predicted octanol–water partition coefficient (Wildman–Crippen LogP) is 7.25. The van der Waals surface area contributed by atoms with Crippen LogP contribution < -0.4 is 10.3 Å². The average molecular weight is 523 g/mol. The first-order valence-electron chi connectivity index (χ1n) is 11.0. The summed E-state index contributed by atoms with van der Waals surface area (Å²) < 4.78 is 4.27. The van der Waals surface area contributed by atoms with Crippen molar-refractivity contribution in [2.45, 2.75) is 49.2 Å². The van der Waals surface area contributed by atoms with Gasteiger partial charge in [-0.3, -0.25) is 10.3 Å². The molecule has 0 aliphatic heterocycles. The van der Waals surface area contributed by atoms with E-state index in [1.54, 1.807) is 22.7 Å². The van der Waals surface area contributed by atoms with E-state index in [1.165, 1.54) is 77.8 Å². The number of hydrogen-bond donors (Lipinski definition) is 2. The van der Waals surface area contributed by atoms with Crippen LogP contribution in [0.5, 0.6) is 0 Å². The Hall–Kier alpha value is -1.94. The van der Waals surface area contributed by atoms with E-state index in [1.807, 2.05) is 0 Å². The van der Waals surface area contributed by atoms with Gasteiger partial charge in [-0.1, -0.05) is 30.3 Å². The minimum Gasteiger partial charge on any atom is -0.272 e. The molecule has 34 heavy (non-hydrogen) atoms. The van der Waals surface area contributed by atoms with Crippen LogP contribution in [-0.2, 0) is 12.8 Å². The van der Waals surface area contributed by atoms with Gasteiger partial charge in [-0.25, -0.2) is 9.97 Å². The molecule has 8 heteroatoms. The topological polar surface area (TPSA) is 77.8 Å². The van der Waals surface area contributed by atoms with Gasteiger partial charge in [-0.2, -0.15) is 0 Å². The minimum atomic E-state index is 0.859. The van der Waals surface area contributed by atoms with Crippen LogP contribution in [0.2, 0.25) is 0 Å². The summed E-state index contributed by atoms with van der Waals surface area (Å²) in [4.78, 5) is 9.62. The second kappa shape index (κ2) is 9.60. The quantitative estimate of drug-likeness (QED) is 0.229. The smallest absolute Gasteiger partial charge is 0.165 e. The zero-order chi connectivity index (χ0) is 24.0. The van der Waals surface area contributed by atoms with Crippen LogP contribution in [0.1, 0.15) is 44.5 Å². The van der Waals surface area contributed by atoms with Gasteiger partial charge < -0.3 is 0 Å². The third-order valence-electron chi connectivity index (χ3n) is 6.68. The van der Waals surface area contributed by atoms with Crippen LogP contribution in [0.3, 0.4) is 0 Å². The van der Waals surface area contributed by atoms with Crippen molar-refractivity contribution in [1.82, 2.24) is 9.97 Å². The highest BCUT2D eigenvalue weighted by Gasteiger charge is 2.17. The fourth-order valence-corrected chi connectivity index (χ4v) is 7.27. The number of rotatable bonds is 6. The van der Waals surface area contributed by atoms with Crippen molar-refractivity contribution in [3.63, 3.8) is 0 Å². The largest absolute Gasteiger partial charge is 0.272 e. The SMILES string of the molecule is Cc1ccc2sc(SN)nc2c1Cc1ccc(Cc2c(C)c(C)c(C)c3sc(SN)nc23)cc1. The maximum Gasteiger partial charge on any atom is 0.165 e. The molecule has 3 aromatic carbocycles. The average Bonchev–Trinajstić information content (AvgIpc) is 3.48. The monoisotopic (exact) mass is 522 g/mol. The van der Waals surface area contributed by atoms with E-state index >= 15 is 0 Å². The summed E-state index contributed by atoms with van der Waals surface area (Å²) >= 11 is 5.80. The summed E-state index contributed by atoms with van der Waals surface area (Å²) in [5.41, 5.74) is 12.6. The molecule has 0 amide bonds. The third-order valence-corrected chi connectivity index (χ3v) is 10.1. The van der Waals surface area contributed by atoms with Crippen LogP contribution in [0.25, 0.3) is 20.4 Å². The number of fused-ring (bicyclic) bond motifs is 2. The molecule has 0 radical (unpaired) electrons. The number of nitrogens with two attached hydrogens (primary N) is 2. The molecule has 2 aromatic heterocycles. The zero-order valence-electron chi connectivity index (χ0n) is 19.6. The number of hydrogen-bond acceptors (Lipinski definition) is 8. The van der Waals surface area contributed by atoms with Gasteiger partial charge in [0.2, 0.25) is 0 Å². The minimum absolute atomic E-state index is 0.859. The Morgan fingerprint density at radius 2 is 1.26 bits per heavy atom. The van der Waals surface area contributed by atoms with Gasteiger partial charge in [-0.15, -0.1) is 22.7 Å². The van der Waals surface area contributed by atoms with E-state index in [4.69, 9.17) is 20.2 Å². The molecule has 0 atom stereocenters. The van der Waals surface area contributed by atoms with E-state index in [0.717, 1.165) is 32.6 Å². The van der Waals surface area contributed by atoms with Crippen LogP contribution in [0.4, 0.5) is 0 Å². The Morgan fingerprint density at radius 3 is 1.91 bits per heavy atom. The Labute approximate surface area is 216 Å². The number of aromatic nitrogens is 2. The second-order valence-electron chi connectivity index (χ2n) is 8.60. The molecule has 0 spiro atoms. The molecule has 5 aromatic rings. The lowest BCUT2D eigenvalue weighted by Crippen LogP contribution is -1.99. The first-order valence-corrected chi connectivity index (χ1v) is 14.4. The number of benzene rings is 3. The van der Waals surface area contributed by atoms with Gasteiger partial charge in [0.05, 0.1) is 20.4 Å². The maximum atomic E-state index is 5.83. The molecule has 4 N–H and O–H groups in total. The number of nitrogens with zero attached hydrogens (tertiary/aromatic N) is 2. The van der Waals surface area contributed by atoms with Gasteiger partial charge in [0, 0.05) is 0 Å². The summed E-state index contributed by atoms with van der Waals surface area (Å²) in [6.07, 6.45) is 1.72. The van der Waals surface area contributed by atoms with E-state index in [-0.39, 0.29) is 0 Å². The lowest BCUT2D eigenvalue weighted by atomic mass is 9.92. The van der Waals surface area contributed by atoms with Gasteiger partial charge in [0.25, 0.3) is 0 Å². The number of thiazole rings is 2. The van der Waals surface area contributed by atoms with Crippen molar-refractivity contribution in [2.24, 2.45) is 10.3 Å². The van der Waals surface area contributed by atoms with Crippen LogP contribution in [-0.4, -0.2) is 9.97 Å². The molecular formula is C26H26N4S4. The summed E-state index contributed by atoms with van der Waals surface area (Å²) in [5, 5.41) is 11.6. The molecule has 0 unspecified atom stereocenters. The summed E-state index contributed by atoms with van der Waals surface area (Å²) in [6.45, 7) is 8.77. The molecule has 5 rings (SSSR count). The zero-order valence-corrected chi connectivity index (χ0v) is 22.8. The van der Waals surface area contributed by atoms with Crippen LogP contribution >= 0.6 is 46.6 Å². The van der Waals surface area contributed by atoms with E-state index < -0.39 is 0 Å². The molecule has 0 aliphatic rings. The third kappa shape index (κ3) is 4.27. The van der Waals surface area contributed by atoms with E-state index in [2.05, 4.69) is 64.1 Å². The summed E-state index contributed by atoms with van der Waals surface area (Å²) in [6, 6.07) is 13.3. The molecule has 0 aliphatic carbocycles. The van der Waals surface area contributed by atoms with Crippen molar-refractivity contribution in [3.05, 3.63) is 80.9 Å². The Kier molecular flexibility index (Phi) is 6.72. The normalized spacial score (nSPS) is 11.7. The first-order chi connectivity index (χ1) is 16.4. The van der Waals surface area contributed by atoms with Gasteiger partial charge in [0.1, 0.15) is 0 Å². The maximum absolute atomic E-state index is 5.83. The fourth-order valence-electron chi connectivity index (χ4n) is 4.47. The van der Waals surface area contributed by atoms with Crippen molar-refractivity contribution in [3.8, 4) is 0 Å². The van der Waals surface area contributed by atoms with Gasteiger partial charge >= 0.3 is 0 Å². The van der Waals surface area contributed by atoms with Crippen molar-refractivity contribution in [1.29, 1.82) is 0 Å². The Balaban J connectivity index is 1.46. The highest BCUT2D eigenvalue weighted by molar-refractivity contribution is 7.99. The molecular weight excluding hydrogens is 497 g/mol. The summed E-state index contributed by atoms with van der Waals surface area (Å²) in [7, 11) is 0. The van der Waals surface area contributed by atoms with Gasteiger partial charge in [-0.05, 0) is 115 Å². The van der Waals surface area contributed by atoms with E-state index in [0.29, 0.717) is 0 Å². The molecule has 0 saturated heterocycles. The molecule has 4 nitrogen and oxygen atoms in total. The lowest BCUT2D eigenvalue weighted by Gasteiger charge is -2.14. The molecule has 0 saturated carbocycles. The van der Waals surface area contributed by atoms with Crippen molar-refractivity contribution < 1.29 is 0 Å². The Bertz CT molecular complexity index is 1520. The highest BCUT2D eigenvalue weighted by Crippen LogP contribution is 2.37. The number of aryl methyl sites for hydroxylation is 2. The highest BCUT2D eigenvalue weighted by atomic mass is 32.2. The Morgan fingerprint density at radius 1 is 0.676 bits per heavy atom. The standard InChI is InChI=1S/C26H26N4S4/c1-13-5-10-21-22(29-25(31-21)33-27)19(13)11-17-6-8-18(9-7-17)12-20-15(3)14(2)16(4)24-23(20)30-26(32-24)34-28/h5-10H,11-12,27-28H2,1-4H3. The van der Waals surface area contributed by atoms with Crippen molar-refractivity contribution in [2.75, 3.05) is 0 Å². The summed E-state index contributed by atoms with van der Waals surface area (Å²) in [5.74, 6) is 0. The molecule has 174 valence electrons. The lowest BCUT2D eigenvalue weighted by molar-refractivity contribution is 1.11. The molecule has 0 fully saturated rings. The molecule has 2 heterocycles. The fraction of sp³-hybridized carbons (Fsp3) is 0.231.